The third-order valence-corrected chi connectivity index (χ3v) is 2.29. The Morgan fingerprint density at radius 2 is 2.42 bits per heavy atom. The number of pyridine rings is 1. The van der Waals surface area contributed by atoms with Crippen molar-refractivity contribution < 1.29 is 5.11 Å². The molecule has 1 aromatic heterocycles. The summed E-state index contributed by atoms with van der Waals surface area (Å²) in [6.45, 7) is 1.83. The molecule has 0 amide bonds. The molecule has 2 heterocycles. The Hall–Kier alpha value is -0.930. The molecule has 1 aliphatic rings. The Morgan fingerprint density at radius 1 is 1.58 bits per heavy atom. The Balaban J connectivity index is 2.08. The molecule has 12 heavy (non-hydrogen) atoms. The number of aliphatic hydroxyl groups excluding tert-OH is 1. The number of nitrogens with zero attached hydrogens (tertiary/aromatic N) is 1. The van der Waals surface area contributed by atoms with Crippen LogP contribution in [0.3, 0.4) is 0 Å². The predicted molar refractivity (Wildman–Crippen MR) is 45.6 cm³/mol. The highest BCUT2D eigenvalue weighted by atomic mass is 16.3. The van der Waals surface area contributed by atoms with Crippen molar-refractivity contribution in [1.82, 2.24) is 10.3 Å². The molecular formula is C9H12N2O. The number of hydrogen-bond donors (Lipinski definition) is 2. The minimum absolute atomic E-state index is 0.347. The average Bonchev–Trinajstić information content (AvgIpc) is 2.03. The molecule has 2 rings (SSSR count). The van der Waals surface area contributed by atoms with E-state index in [1.165, 1.54) is 0 Å². The highest BCUT2D eigenvalue weighted by molar-refractivity contribution is 5.13. The predicted octanol–water partition coefficient (Wildman–Crippen LogP) is 0.334. The summed E-state index contributed by atoms with van der Waals surface area (Å²) >= 11 is 0. The van der Waals surface area contributed by atoms with E-state index in [1.807, 2.05) is 12.1 Å². The van der Waals surface area contributed by atoms with Gasteiger partial charge in [0.2, 0.25) is 0 Å². The van der Waals surface area contributed by atoms with Gasteiger partial charge in [-0.3, -0.25) is 4.98 Å². The lowest BCUT2D eigenvalue weighted by molar-refractivity contribution is 0.0764. The normalized spacial score (nSPS) is 20.1. The molecule has 0 radical (unpaired) electrons. The molecule has 0 bridgehead atoms. The quantitative estimate of drug-likeness (QED) is 0.662. The summed E-state index contributed by atoms with van der Waals surface area (Å²) in [5, 5.41) is 12.9. The molecule has 0 saturated carbocycles. The summed E-state index contributed by atoms with van der Waals surface area (Å²) in [7, 11) is 0. The topological polar surface area (TPSA) is 45.2 Å². The molecule has 0 spiro atoms. The fourth-order valence-corrected chi connectivity index (χ4v) is 1.36. The molecule has 1 saturated heterocycles. The first kappa shape index (κ1) is 7.71. The van der Waals surface area contributed by atoms with Gasteiger partial charge in [0.1, 0.15) is 0 Å². The molecular weight excluding hydrogens is 152 g/mol. The lowest BCUT2D eigenvalue weighted by Crippen LogP contribution is -2.45. The Labute approximate surface area is 71.4 Å². The van der Waals surface area contributed by atoms with Crippen LogP contribution >= 0.6 is 0 Å². The summed E-state index contributed by atoms with van der Waals surface area (Å²) in [6, 6.07) is 3.76. The second-order valence-electron chi connectivity index (χ2n) is 3.15. The largest absolute Gasteiger partial charge is 0.388 e. The van der Waals surface area contributed by atoms with Crippen molar-refractivity contribution in [3.63, 3.8) is 0 Å². The van der Waals surface area contributed by atoms with Crippen molar-refractivity contribution in [1.29, 1.82) is 0 Å². The van der Waals surface area contributed by atoms with Crippen LogP contribution in [-0.2, 0) is 0 Å². The van der Waals surface area contributed by atoms with E-state index in [9.17, 15) is 5.11 Å². The first-order valence-electron chi connectivity index (χ1n) is 4.16. The van der Waals surface area contributed by atoms with E-state index in [0.29, 0.717) is 5.92 Å². The van der Waals surface area contributed by atoms with Crippen LogP contribution in [0.2, 0.25) is 0 Å². The van der Waals surface area contributed by atoms with Crippen LogP contribution < -0.4 is 5.32 Å². The summed E-state index contributed by atoms with van der Waals surface area (Å²) < 4.78 is 0. The van der Waals surface area contributed by atoms with Gasteiger partial charge in [-0.1, -0.05) is 6.07 Å². The summed E-state index contributed by atoms with van der Waals surface area (Å²) in [4.78, 5) is 3.97. The van der Waals surface area contributed by atoms with E-state index in [-0.39, 0.29) is 6.10 Å². The van der Waals surface area contributed by atoms with Gasteiger partial charge < -0.3 is 10.4 Å². The molecule has 0 unspecified atom stereocenters. The van der Waals surface area contributed by atoms with Gasteiger partial charge in [-0.25, -0.2) is 0 Å². The number of hydrogen-bond acceptors (Lipinski definition) is 3. The molecule has 1 fully saturated rings. The molecule has 3 nitrogen and oxygen atoms in total. The van der Waals surface area contributed by atoms with Crippen LogP contribution in [0.15, 0.2) is 24.5 Å². The highest BCUT2D eigenvalue weighted by Crippen LogP contribution is 2.23. The molecule has 2 N–H and O–H groups in total. The molecule has 1 aromatic rings. The van der Waals surface area contributed by atoms with Gasteiger partial charge in [-0.2, -0.15) is 0 Å². The maximum Gasteiger partial charge on any atom is 0.0857 e. The van der Waals surface area contributed by atoms with Gasteiger partial charge in [0.05, 0.1) is 6.10 Å². The standard InChI is InChI=1S/C9H12N2O/c12-9(8-5-11-6-8)7-2-1-3-10-4-7/h1-4,8-9,11-12H,5-6H2/t9-/m0/s1. The molecule has 3 heteroatoms. The first-order chi connectivity index (χ1) is 5.88. The van der Waals surface area contributed by atoms with Crippen molar-refractivity contribution in [2.45, 2.75) is 6.10 Å². The zero-order valence-electron chi connectivity index (χ0n) is 6.77. The van der Waals surface area contributed by atoms with Gasteiger partial charge in [-0.05, 0) is 11.6 Å². The van der Waals surface area contributed by atoms with E-state index < -0.39 is 0 Å². The van der Waals surface area contributed by atoms with Crippen molar-refractivity contribution >= 4 is 0 Å². The zero-order chi connectivity index (χ0) is 8.39. The molecule has 0 aliphatic carbocycles. The summed E-state index contributed by atoms with van der Waals surface area (Å²) in [6.07, 6.45) is 3.10. The number of nitrogens with one attached hydrogen (secondary N) is 1. The van der Waals surface area contributed by atoms with Crippen LogP contribution in [0.5, 0.6) is 0 Å². The third-order valence-electron chi connectivity index (χ3n) is 2.29. The van der Waals surface area contributed by atoms with E-state index >= 15 is 0 Å². The highest BCUT2D eigenvalue weighted by Gasteiger charge is 2.26. The SMILES string of the molecule is O[C@@H](c1cccnc1)C1CNC1. The van der Waals surface area contributed by atoms with Crippen molar-refractivity contribution in [2.75, 3.05) is 13.1 Å². The molecule has 1 atom stereocenters. The van der Waals surface area contributed by atoms with E-state index in [2.05, 4.69) is 10.3 Å². The molecule has 1 aliphatic heterocycles. The average molecular weight is 164 g/mol. The van der Waals surface area contributed by atoms with E-state index in [4.69, 9.17) is 0 Å². The number of aromatic nitrogens is 1. The Kier molecular flexibility index (Phi) is 2.06. The summed E-state index contributed by atoms with van der Waals surface area (Å²) in [5.74, 6) is 0.370. The zero-order valence-corrected chi connectivity index (χ0v) is 6.77. The van der Waals surface area contributed by atoms with E-state index in [0.717, 1.165) is 18.7 Å². The monoisotopic (exact) mass is 164 g/mol. The number of rotatable bonds is 2. The van der Waals surface area contributed by atoms with Crippen LogP contribution in [-0.4, -0.2) is 23.2 Å². The van der Waals surface area contributed by atoms with Gasteiger partial charge in [-0.15, -0.1) is 0 Å². The minimum Gasteiger partial charge on any atom is -0.388 e. The van der Waals surface area contributed by atoms with Crippen molar-refractivity contribution in [2.24, 2.45) is 5.92 Å². The first-order valence-corrected chi connectivity index (χ1v) is 4.16. The number of aliphatic hydroxyl groups is 1. The summed E-state index contributed by atoms with van der Waals surface area (Å²) in [5.41, 5.74) is 0.920. The fraction of sp³-hybridized carbons (Fsp3) is 0.444. The maximum atomic E-state index is 9.76. The van der Waals surface area contributed by atoms with Crippen LogP contribution in [0.25, 0.3) is 0 Å². The van der Waals surface area contributed by atoms with Crippen molar-refractivity contribution in [3.05, 3.63) is 30.1 Å². The van der Waals surface area contributed by atoms with E-state index in [1.54, 1.807) is 12.4 Å². The fourth-order valence-electron chi connectivity index (χ4n) is 1.36. The van der Waals surface area contributed by atoms with Gasteiger partial charge in [0.25, 0.3) is 0 Å². The van der Waals surface area contributed by atoms with Crippen LogP contribution in [0.1, 0.15) is 11.7 Å². The molecule has 64 valence electrons. The van der Waals surface area contributed by atoms with Crippen LogP contribution in [0, 0.1) is 5.92 Å². The molecule has 0 aromatic carbocycles. The second kappa shape index (κ2) is 3.21. The lowest BCUT2D eigenvalue weighted by Gasteiger charge is -2.31. The Morgan fingerprint density at radius 3 is 2.92 bits per heavy atom. The second-order valence-corrected chi connectivity index (χ2v) is 3.15. The maximum absolute atomic E-state index is 9.76. The van der Waals surface area contributed by atoms with Gasteiger partial charge in [0, 0.05) is 31.4 Å². The Bertz CT molecular complexity index is 246. The van der Waals surface area contributed by atoms with Gasteiger partial charge in [0.15, 0.2) is 0 Å². The third kappa shape index (κ3) is 1.33. The van der Waals surface area contributed by atoms with Crippen molar-refractivity contribution in [3.8, 4) is 0 Å². The minimum atomic E-state index is -0.347. The van der Waals surface area contributed by atoms with Crippen LogP contribution in [0.4, 0.5) is 0 Å². The smallest absolute Gasteiger partial charge is 0.0857 e. The van der Waals surface area contributed by atoms with Gasteiger partial charge >= 0.3 is 0 Å². The lowest BCUT2D eigenvalue weighted by atomic mass is 9.92.